The van der Waals surface area contributed by atoms with Crippen LogP contribution in [0.25, 0.3) is 0 Å². The minimum atomic E-state index is -0.801. The van der Waals surface area contributed by atoms with Crippen LogP contribution in [0.1, 0.15) is 35.0 Å². The quantitative estimate of drug-likeness (QED) is 0.658. The molecule has 2 aromatic rings. The third-order valence-corrected chi connectivity index (χ3v) is 5.86. The van der Waals surface area contributed by atoms with E-state index in [0.29, 0.717) is 49.7 Å². The zero-order chi connectivity index (χ0) is 20.0. The number of hydrogen-bond acceptors (Lipinski definition) is 7. The molecule has 28 heavy (non-hydrogen) atoms. The molecule has 1 atom stereocenters. The summed E-state index contributed by atoms with van der Waals surface area (Å²) in [7, 11) is 0. The fraction of sp³-hybridized carbons (Fsp3) is 0.476. The lowest BCUT2D eigenvalue weighted by Crippen LogP contribution is -2.46. The zero-order valence-corrected chi connectivity index (χ0v) is 16.9. The average Bonchev–Trinajstić information content (AvgIpc) is 3.18. The van der Waals surface area contributed by atoms with Crippen LogP contribution in [-0.4, -0.2) is 60.0 Å². The van der Waals surface area contributed by atoms with E-state index in [1.807, 2.05) is 30.3 Å². The number of likely N-dealkylation sites (tertiary alicyclic amines) is 1. The first-order chi connectivity index (χ1) is 13.5. The van der Waals surface area contributed by atoms with Crippen LogP contribution < -0.4 is 4.74 Å². The van der Waals surface area contributed by atoms with Gasteiger partial charge in [0.2, 0.25) is 0 Å². The van der Waals surface area contributed by atoms with Crippen LogP contribution in [0.2, 0.25) is 0 Å². The van der Waals surface area contributed by atoms with Crippen molar-refractivity contribution in [3.63, 3.8) is 0 Å². The first kappa shape index (κ1) is 20.8. The van der Waals surface area contributed by atoms with E-state index in [1.54, 1.807) is 18.4 Å². The molecule has 1 saturated heterocycles. The van der Waals surface area contributed by atoms with Gasteiger partial charge < -0.3 is 24.6 Å². The summed E-state index contributed by atoms with van der Waals surface area (Å²) in [6, 6.07) is 11.5. The van der Waals surface area contributed by atoms with E-state index in [9.17, 15) is 15.0 Å². The van der Waals surface area contributed by atoms with Crippen LogP contribution in [0, 0.1) is 0 Å². The van der Waals surface area contributed by atoms with Gasteiger partial charge in [-0.1, -0.05) is 30.3 Å². The fourth-order valence-electron chi connectivity index (χ4n) is 3.44. The zero-order valence-electron chi connectivity index (χ0n) is 16.0. The fourth-order valence-corrected chi connectivity index (χ4v) is 4.16. The van der Waals surface area contributed by atoms with Gasteiger partial charge in [0.25, 0.3) is 0 Å². The van der Waals surface area contributed by atoms with Crippen molar-refractivity contribution < 1.29 is 24.5 Å². The summed E-state index contributed by atoms with van der Waals surface area (Å²) >= 11 is 1.26. The van der Waals surface area contributed by atoms with Crippen LogP contribution in [-0.2, 0) is 10.3 Å². The number of β-amino-alcohol motifs (C(OH)–C–C–N with tert-alkyl or cyclic N) is 1. The molecule has 0 aliphatic carbocycles. The van der Waals surface area contributed by atoms with E-state index in [2.05, 4.69) is 4.90 Å². The Morgan fingerprint density at radius 2 is 1.96 bits per heavy atom. The lowest BCUT2D eigenvalue weighted by molar-refractivity contribution is -0.0372. The Balaban J connectivity index is 1.46. The number of benzene rings is 1. The van der Waals surface area contributed by atoms with E-state index < -0.39 is 17.7 Å². The lowest BCUT2D eigenvalue weighted by Gasteiger charge is -2.39. The third kappa shape index (κ3) is 5.11. The average molecular weight is 406 g/mol. The predicted octanol–water partition coefficient (Wildman–Crippen LogP) is 2.65. The number of piperidine rings is 1. The van der Waals surface area contributed by atoms with Crippen LogP contribution >= 0.6 is 11.3 Å². The molecule has 1 aromatic heterocycles. The Morgan fingerprint density at radius 1 is 1.25 bits per heavy atom. The minimum absolute atomic E-state index is 0.0998. The normalized spacial score (nSPS) is 17.8. The molecule has 7 heteroatoms. The smallest absolute Gasteiger partial charge is 0.352 e. The van der Waals surface area contributed by atoms with Crippen molar-refractivity contribution in [2.75, 3.05) is 32.8 Å². The second-order valence-corrected chi connectivity index (χ2v) is 7.91. The molecule has 1 aliphatic heterocycles. The molecule has 0 radical (unpaired) electrons. The molecule has 0 spiro atoms. The summed E-state index contributed by atoms with van der Waals surface area (Å²) in [5, 5.41) is 23.0. The van der Waals surface area contributed by atoms with E-state index >= 15 is 0 Å². The largest absolute Gasteiger partial charge is 0.489 e. The number of carbonyl (C=O) groups excluding carboxylic acids is 1. The van der Waals surface area contributed by atoms with Crippen molar-refractivity contribution in [1.29, 1.82) is 0 Å². The number of rotatable bonds is 8. The van der Waals surface area contributed by atoms with Crippen molar-refractivity contribution in [2.45, 2.75) is 31.5 Å². The highest BCUT2D eigenvalue weighted by molar-refractivity contribution is 7.12. The Bertz CT molecular complexity index is 755. The first-order valence-corrected chi connectivity index (χ1v) is 10.5. The highest BCUT2D eigenvalue weighted by Gasteiger charge is 2.34. The Labute approximate surface area is 169 Å². The Morgan fingerprint density at radius 3 is 2.64 bits per heavy atom. The van der Waals surface area contributed by atoms with E-state index in [-0.39, 0.29) is 6.61 Å². The predicted molar refractivity (Wildman–Crippen MR) is 108 cm³/mol. The molecule has 1 fully saturated rings. The number of thiophene rings is 1. The number of esters is 1. The Hall–Kier alpha value is -1.93. The molecular weight excluding hydrogens is 378 g/mol. The van der Waals surface area contributed by atoms with Gasteiger partial charge in [-0.15, -0.1) is 11.3 Å². The number of ether oxygens (including phenoxy) is 2. The second kappa shape index (κ2) is 9.52. The van der Waals surface area contributed by atoms with Gasteiger partial charge in [-0.05, 0) is 36.8 Å². The highest BCUT2D eigenvalue weighted by atomic mass is 32.1. The standard InChI is InChI=1S/C21H27NO5S/c1-2-26-20(24)19-18(8-13-28-19)27-15-17(23)14-22-11-9-21(25,10-12-22)16-6-4-3-5-7-16/h3-8,13,17,23,25H,2,9-12,14-15H2,1H3. The SMILES string of the molecule is CCOC(=O)c1sccc1OCC(O)CN1CCC(O)(c2ccccc2)CC1. The molecule has 0 bridgehead atoms. The number of carbonyl (C=O) groups is 1. The summed E-state index contributed by atoms with van der Waals surface area (Å²) in [6.45, 7) is 4.03. The van der Waals surface area contributed by atoms with Gasteiger partial charge in [0.05, 0.1) is 12.2 Å². The van der Waals surface area contributed by atoms with Crippen molar-refractivity contribution in [3.05, 3.63) is 52.2 Å². The molecule has 3 rings (SSSR count). The van der Waals surface area contributed by atoms with Gasteiger partial charge in [0, 0.05) is 19.6 Å². The maximum Gasteiger partial charge on any atom is 0.352 e. The molecule has 0 saturated carbocycles. The van der Waals surface area contributed by atoms with Gasteiger partial charge in [0.1, 0.15) is 18.5 Å². The summed E-state index contributed by atoms with van der Waals surface area (Å²) in [6.07, 6.45) is 0.572. The minimum Gasteiger partial charge on any atom is -0.489 e. The van der Waals surface area contributed by atoms with E-state index in [1.165, 1.54) is 11.3 Å². The number of hydrogen-bond donors (Lipinski definition) is 2. The molecule has 2 N–H and O–H groups in total. The molecule has 1 unspecified atom stereocenters. The van der Waals surface area contributed by atoms with E-state index in [0.717, 1.165) is 5.56 Å². The van der Waals surface area contributed by atoms with Crippen molar-refractivity contribution in [2.24, 2.45) is 0 Å². The summed E-state index contributed by atoms with van der Waals surface area (Å²) < 4.78 is 10.7. The lowest BCUT2D eigenvalue weighted by atomic mass is 9.84. The van der Waals surface area contributed by atoms with Gasteiger partial charge >= 0.3 is 5.97 Å². The van der Waals surface area contributed by atoms with Crippen LogP contribution in [0.5, 0.6) is 5.75 Å². The monoisotopic (exact) mass is 405 g/mol. The molecule has 152 valence electrons. The van der Waals surface area contributed by atoms with Gasteiger partial charge in [-0.25, -0.2) is 4.79 Å². The van der Waals surface area contributed by atoms with Crippen molar-refractivity contribution >= 4 is 17.3 Å². The van der Waals surface area contributed by atoms with Crippen LogP contribution in [0.4, 0.5) is 0 Å². The first-order valence-electron chi connectivity index (χ1n) is 9.57. The molecular formula is C21H27NO5S. The maximum atomic E-state index is 11.9. The number of aliphatic hydroxyl groups is 2. The molecule has 1 aromatic carbocycles. The van der Waals surface area contributed by atoms with Crippen molar-refractivity contribution in [3.8, 4) is 5.75 Å². The number of nitrogens with zero attached hydrogens (tertiary/aromatic N) is 1. The second-order valence-electron chi connectivity index (χ2n) is 7.00. The molecule has 6 nitrogen and oxygen atoms in total. The maximum absolute atomic E-state index is 11.9. The Kier molecular flexibility index (Phi) is 7.07. The highest BCUT2D eigenvalue weighted by Crippen LogP contribution is 2.32. The van der Waals surface area contributed by atoms with Crippen LogP contribution in [0.3, 0.4) is 0 Å². The van der Waals surface area contributed by atoms with Gasteiger partial charge in [-0.2, -0.15) is 0 Å². The van der Waals surface area contributed by atoms with Crippen molar-refractivity contribution in [1.82, 2.24) is 4.90 Å². The third-order valence-electron chi connectivity index (χ3n) is 4.98. The summed E-state index contributed by atoms with van der Waals surface area (Å²) in [5.41, 5.74) is 0.146. The van der Waals surface area contributed by atoms with E-state index in [4.69, 9.17) is 9.47 Å². The topological polar surface area (TPSA) is 79.2 Å². The van der Waals surface area contributed by atoms with Crippen LogP contribution in [0.15, 0.2) is 41.8 Å². The molecule has 2 heterocycles. The molecule has 0 amide bonds. The summed E-state index contributed by atoms with van der Waals surface area (Å²) in [4.78, 5) is 14.4. The molecule has 1 aliphatic rings. The number of aliphatic hydroxyl groups excluding tert-OH is 1. The summed E-state index contributed by atoms with van der Waals surface area (Å²) in [5.74, 6) is 0.0396. The van der Waals surface area contributed by atoms with Gasteiger partial charge in [0.15, 0.2) is 4.88 Å². The van der Waals surface area contributed by atoms with Gasteiger partial charge in [-0.3, -0.25) is 0 Å².